The Morgan fingerprint density at radius 1 is 1.44 bits per heavy atom. The molecule has 1 aromatic rings. The van der Waals surface area contributed by atoms with Gasteiger partial charge in [0.1, 0.15) is 6.54 Å². The van der Waals surface area contributed by atoms with Gasteiger partial charge in [-0.1, -0.05) is 27.2 Å². The van der Waals surface area contributed by atoms with Crippen LogP contribution in [-0.2, 0) is 17.9 Å². The van der Waals surface area contributed by atoms with Crippen molar-refractivity contribution < 1.29 is 4.79 Å². The number of nitrogens with zero attached hydrogens (tertiary/aromatic N) is 1. The largest absolute Gasteiger partial charge is 0.355 e. The molecule has 0 bridgehead atoms. The molecular formula is C14H25N3O. The third-order valence-corrected chi connectivity index (χ3v) is 2.78. The Morgan fingerprint density at radius 2 is 2.22 bits per heavy atom. The summed E-state index contributed by atoms with van der Waals surface area (Å²) in [7, 11) is 0. The van der Waals surface area contributed by atoms with Gasteiger partial charge < -0.3 is 15.2 Å². The molecule has 1 amide bonds. The van der Waals surface area contributed by atoms with Gasteiger partial charge in [0, 0.05) is 31.0 Å². The normalized spacial score (nSPS) is 10.9. The van der Waals surface area contributed by atoms with E-state index in [4.69, 9.17) is 0 Å². The minimum Gasteiger partial charge on any atom is -0.355 e. The van der Waals surface area contributed by atoms with Crippen LogP contribution in [0.25, 0.3) is 0 Å². The van der Waals surface area contributed by atoms with E-state index in [0.29, 0.717) is 12.6 Å². The Kier molecular flexibility index (Phi) is 6.50. The van der Waals surface area contributed by atoms with Gasteiger partial charge in [-0.25, -0.2) is 0 Å². The molecule has 102 valence electrons. The van der Waals surface area contributed by atoms with E-state index in [2.05, 4.69) is 37.5 Å². The quantitative estimate of drug-likeness (QED) is 0.693. The molecule has 0 atom stereocenters. The molecule has 0 fully saturated rings. The Morgan fingerprint density at radius 3 is 2.89 bits per heavy atom. The van der Waals surface area contributed by atoms with Crippen LogP contribution in [0.15, 0.2) is 18.3 Å². The van der Waals surface area contributed by atoms with Crippen molar-refractivity contribution in [2.24, 2.45) is 0 Å². The Hall–Kier alpha value is -1.29. The summed E-state index contributed by atoms with van der Waals surface area (Å²) in [6.07, 6.45) is 4.10. The molecule has 1 aromatic heterocycles. The van der Waals surface area contributed by atoms with Crippen molar-refractivity contribution in [3.63, 3.8) is 0 Å². The molecular weight excluding hydrogens is 226 g/mol. The molecule has 2 N–H and O–H groups in total. The van der Waals surface area contributed by atoms with Crippen LogP contribution < -0.4 is 10.6 Å². The van der Waals surface area contributed by atoms with Gasteiger partial charge in [0.2, 0.25) is 5.91 Å². The maximum Gasteiger partial charge on any atom is 0.239 e. The van der Waals surface area contributed by atoms with E-state index in [-0.39, 0.29) is 5.91 Å². The number of aromatic nitrogens is 1. The van der Waals surface area contributed by atoms with Gasteiger partial charge in [-0.15, -0.1) is 0 Å². The fraction of sp³-hybridized carbons (Fsp3) is 0.643. The maximum atomic E-state index is 11.7. The van der Waals surface area contributed by atoms with Crippen LogP contribution in [0, 0.1) is 0 Å². The molecule has 0 saturated carbocycles. The van der Waals surface area contributed by atoms with Crippen molar-refractivity contribution in [3.05, 3.63) is 24.0 Å². The minimum absolute atomic E-state index is 0.0884. The third-order valence-electron chi connectivity index (χ3n) is 2.78. The van der Waals surface area contributed by atoms with Crippen molar-refractivity contribution in [2.75, 3.05) is 6.54 Å². The first-order valence-electron chi connectivity index (χ1n) is 6.77. The summed E-state index contributed by atoms with van der Waals surface area (Å²) < 4.78 is 2.00. The molecule has 0 aliphatic heterocycles. The van der Waals surface area contributed by atoms with Crippen molar-refractivity contribution in [3.8, 4) is 0 Å². The first-order valence-corrected chi connectivity index (χ1v) is 6.77. The fourth-order valence-corrected chi connectivity index (χ4v) is 1.69. The summed E-state index contributed by atoms with van der Waals surface area (Å²) in [5, 5.41) is 6.30. The molecule has 4 heteroatoms. The predicted molar refractivity (Wildman–Crippen MR) is 74.3 cm³/mol. The first-order chi connectivity index (χ1) is 8.63. The molecule has 0 aromatic carbocycles. The first kappa shape index (κ1) is 14.8. The van der Waals surface area contributed by atoms with Gasteiger partial charge in [-0.3, -0.25) is 4.79 Å². The zero-order valence-corrected chi connectivity index (χ0v) is 11.7. The standard InChI is InChI=1S/C14H25N3O/c1-4-5-8-15-14(18)11-17-9-6-7-13(17)10-16-12(2)3/h6-7,9,12,16H,4-5,8,10-11H2,1-3H3,(H,15,18). The average molecular weight is 251 g/mol. The van der Waals surface area contributed by atoms with E-state index in [1.807, 2.05) is 16.8 Å². The van der Waals surface area contributed by atoms with Gasteiger partial charge in [0.25, 0.3) is 0 Å². The number of carbonyl (C=O) groups is 1. The summed E-state index contributed by atoms with van der Waals surface area (Å²) in [6.45, 7) is 8.33. The molecule has 0 unspecified atom stereocenters. The van der Waals surface area contributed by atoms with Crippen LogP contribution in [0.1, 0.15) is 39.3 Å². The topological polar surface area (TPSA) is 46.1 Å². The highest BCUT2D eigenvalue weighted by Gasteiger charge is 2.06. The van der Waals surface area contributed by atoms with Crippen LogP contribution in [-0.4, -0.2) is 23.1 Å². The Labute approximate surface area is 110 Å². The van der Waals surface area contributed by atoms with Gasteiger partial charge in [0.15, 0.2) is 0 Å². The molecule has 0 saturated heterocycles. The van der Waals surface area contributed by atoms with Crippen molar-refractivity contribution >= 4 is 5.91 Å². The SMILES string of the molecule is CCCCNC(=O)Cn1cccc1CNC(C)C. The predicted octanol–water partition coefficient (Wildman–Crippen LogP) is 1.90. The zero-order valence-electron chi connectivity index (χ0n) is 11.7. The second-order valence-electron chi connectivity index (χ2n) is 4.87. The molecule has 0 radical (unpaired) electrons. The van der Waals surface area contributed by atoms with Gasteiger partial charge in [-0.2, -0.15) is 0 Å². The number of hydrogen-bond donors (Lipinski definition) is 2. The van der Waals surface area contributed by atoms with E-state index < -0.39 is 0 Å². The molecule has 0 aliphatic rings. The lowest BCUT2D eigenvalue weighted by atomic mass is 10.3. The van der Waals surface area contributed by atoms with E-state index in [9.17, 15) is 4.79 Å². The van der Waals surface area contributed by atoms with Gasteiger partial charge >= 0.3 is 0 Å². The number of carbonyl (C=O) groups excluding carboxylic acids is 1. The molecule has 1 rings (SSSR count). The molecule has 0 aliphatic carbocycles. The van der Waals surface area contributed by atoms with E-state index in [0.717, 1.165) is 31.6 Å². The summed E-state index contributed by atoms with van der Waals surface area (Å²) in [4.78, 5) is 11.7. The molecule has 4 nitrogen and oxygen atoms in total. The minimum atomic E-state index is 0.0884. The molecule has 1 heterocycles. The summed E-state index contributed by atoms with van der Waals surface area (Å²) >= 11 is 0. The second-order valence-corrected chi connectivity index (χ2v) is 4.87. The monoisotopic (exact) mass is 251 g/mol. The van der Waals surface area contributed by atoms with Crippen molar-refractivity contribution in [1.29, 1.82) is 0 Å². The molecule has 18 heavy (non-hydrogen) atoms. The van der Waals surface area contributed by atoms with Crippen LogP contribution in [0.5, 0.6) is 0 Å². The smallest absolute Gasteiger partial charge is 0.239 e. The second kappa shape index (κ2) is 7.93. The summed E-state index contributed by atoms with van der Waals surface area (Å²) in [5.74, 6) is 0.0884. The number of nitrogens with one attached hydrogen (secondary N) is 2. The van der Waals surface area contributed by atoms with Gasteiger partial charge in [0.05, 0.1) is 0 Å². The van der Waals surface area contributed by atoms with Crippen molar-refractivity contribution in [1.82, 2.24) is 15.2 Å². The van der Waals surface area contributed by atoms with Gasteiger partial charge in [-0.05, 0) is 18.6 Å². The average Bonchev–Trinajstić information content (AvgIpc) is 2.74. The highest BCUT2D eigenvalue weighted by Crippen LogP contribution is 2.02. The number of amides is 1. The highest BCUT2D eigenvalue weighted by molar-refractivity contribution is 5.75. The lowest BCUT2D eigenvalue weighted by molar-refractivity contribution is -0.121. The van der Waals surface area contributed by atoms with Crippen LogP contribution in [0.3, 0.4) is 0 Å². The summed E-state index contributed by atoms with van der Waals surface area (Å²) in [5.41, 5.74) is 1.15. The number of hydrogen-bond acceptors (Lipinski definition) is 2. The fourth-order valence-electron chi connectivity index (χ4n) is 1.69. The van der Waals surface area contributed by atoms with Crippen molar-refractivity contribution in [2.45, 2.75) is 52.7 Å². The third kappa shape index (κ3) is 5.36. The lowest BCUT2D eigenvalue weighted by Gasteiger charge is -2.12. The van der Waals surface area contributed by atoms with Crippen LogP contribution >= 0.6 is 0 Å². The molecule has 0 spiro atoms. The summed E-state index contributed by atoms with van der Waals surface area (Å²) in [6, 6.07) is 4.48. The Bertz CT molecular complexity index is 358. The number of unbranched alkanes of at least 4 members (excludes halogenated alkanes) is 1. The number of rotatable bonds is 8. The van der Waals surface area contributed by atoms with E-state index in [1.54, 1.807) is 0 Å². The maximum absolute atomic E-state index is 11.7. The van der Waals surface area contributed by atoms with E-state index in [1.165, 1.54) is 0 Å². The zero-order chi connectivity index (χ0) is 13.4. The highest BCUT2D eigenvalue weighted by atomic mass is 16.1. The van der Waals surface area contributed by atoms with Crippen LogP contribution in [0.4, 0.5) is 0 Å². The Balaban J connectivity index is 2.41. The van der Waals surface area contributed by atoms with E-state index >= 15 is 0 Å². The van der Waals surface area contributed by atoms with Crippen LogP contribution in [0.2, 0.25) is 0 Å². The lowest BCUT2D eigenvalue weighted by Crippen LogP contribution is -2.30.